The highest BCUT2D eigenvalue weighted by Crippen LogP contribution is 2.29. The van der Waals surface area contributed by atoms with Gasteiger partial charge in [0.15, 0.2) is 5.78 Å². The molecule has 0 atom stereocenters. The van der Waals surface area contributed by atoms with Gasteiger partial charge in [0.1, 0.15) is 17.2 Å². The van der Waals surface area contributed by atoms with Crippen LogP contribution in [0.25, 0.3) is 5.65 Å². The Morgan fingerprint density at radius 1 is 0.949 bits per heavy atom. The lowest BCUT2D eigenvalue weighted by molar-refractivity contribution is 0.0175. The van der Waals surface area contributed by atoms with E-state index in [4.69, 9.17) is 0 Å². The maximum atomic E-state index is 15.2. The highest BCUT2D eigenvalue weighted by Gasteiger charge is 2.25. The Kier molecular flexibility index (Phi) is 7.38. The number of hydrogen-bond donors (Lipinski definition) is 0. The summed E-state index contributed by atoms with van der Waals surface area (Å²) in [4.78, 5) is 21.7. The maximum Gasteiger partial charge on any atom is 0.270 e. The number of fused-ring (bicyclic) bond motifs is 1. The van der Waals surface area contributed by atoms with Crippen LogP contribution < -0.4 is 9.80 Å². The van der Waals surface area contributed by atoms with Crippen molar-refractivity contribution in [2.45, 2.75) is 46.0 Å². The summed E-state index contributed by atoms with van der Waals surface area (Å²) in [6.07, 6.45) is 3.39. The summed E-state index contributed by atoms with van der Waals surface area (Å²) in [5, 5.41) is 0. The lowest BCUT2D eigenvalue weighted by atomic mass is 10.0. The Balaban J connectivity index is 1.22. The van der Waals surface area contributed by atoms with Crippen molar-refractivity contribution in [3.63, 3.8) is 0 Å². The van der Waals surface area contributed by atoms with Crippen molar-refractivity contribution < 1.29 is 18.0 Å². The number of alkyl halides is 2. The molecule has 8 heteroatoms. The van der Waals surface area contributed by atoms with E-state index < -0.39 is 5.92 Å². The number of hydrogen-bond acceptors (Lipinski definition) is 4. The topological polar surface area (TPSA) is 40.9 Å². The molecule has 4 aromatic rings. The SMILES string of the molecule is Cc1ccn2c(C(=O)CCc3ccc(N4CCCN(c5ccc(C(C)(F)F)cc5)CC4)c(F)c3)c(C)nc2c1. The minimum absolute atomic E-state index is 0.00434. The number of aromatic nitrogens is 2. The number of ketones is 1. The molecule has 2 aromatic heterocycles. The van der Waals surface area contributed by atoms with Crippen molar-refractivity contribution in [3.8, 4) is 0 Å². The summed E-state index contributed by atoms with van der Waals surface area (Å²) < 4.78 is 44.2. The molecule has 0 spiro atoms. The summed E-state index contributed by atoms with van der Waals surface area (Å²) in [5.74, 6) is -3.18. The van der Waals surface area contributed by atoms with Gasteiger partial charge < -0.3 is 9.80 Å². The fraction of sp³-hybridized carbons (Fsp3) is 0.355. The molecule has 1 fully saturated rings. The Labute approximate surface area is 226 Å². The molecule has 0 bridgehead atoms. The predicted octanol–water partition coefficient (Wildman–Crippen LogP) is 6.73. The summed E-state index contributed by atoms with van der Waals surface area (Å²) >= 11 is 0. The molecule has 3 heterocycles. The Morgan fingerprint density at radius 2 is 1.67 bits per heavy atom. The monoisotopic (exact) mass is 534 g/mol. The first kappa shape index (κ1) is 26.8. The van der Waals surface area contributed by atoms with E-state index in [-0.39, 0.29) is 23.6 Å². The summed E-state index contributed by atoms with van der Waals surface area (Å²) in [6.45, 7) is 7.47. The second-order valence-corrected chi connectivity index (χ2v) is 10.4. The van der Waals surface area contributed by atoms with Crippen LogP contribution in [0.2, 0.25) is 0 Å². The molecule has 1 saturated heterocycles. The number of aryl methyl sites for hydroxylation is 3. The molecule has 5 nitrogen and oxygen atoms in total. The van der Waals surface area contributed by atoms with Crippen LogP contribution in [0.15, 0.2) is 60.8 Å². The van der Waals surface area contributed by atoms with Gasteiger partial charge in [-0.1, -0.05) is 18.2 Å². The first-order valence-electron chi connectivity index (χ1n) is 13.4. The fourth-order valence-electron chi connectivity index (χ4n) is 5.32. The van der Waals surface area contributed by atoms with Gasteiger partial charge in [-0.2, -0.15) is 0 Å². The second kappa shape index (κ2) is 10.8. The molecule has 0 aliphatic carbocycles. The van der Waals surface area contributed by atoms with Crippen LogP contribution in [0.3, 0.4) is 0 Å². The number of halogens is 3. The van der Waals surface area contributed by atoms with Crippen molar-refractivity contribution in [1.82, 2.24) is 9.38 Å². The van der Waals surface area contributed by atoms with Crippen molar-refractivity contribution >= 4 is 22.8 Å². The van der Waals surface area contributed by atoms with E-state index in [2.05, 4.69) is 9.88 Å². The number of carbonyl (C=O) groups is 1. The van der Waals surface area contributed by atoms with Crippen LogP contribution in [0.4, 0.5) is 24.5 Å². The van der Waals surface area contributed by atoms with Crippen LogP contribution in [0, 0.1) is 19.7 Å². The molecule has 0 N–H and O–H groups in total. The Hall–Kier alpha value is -3.81. The molecule has 39 heavy (non-hydrogen) atoms. The largest absolute Gasteiger partial charge is 0.370 e. The number of nitrogens with zero attached hydrogens (tertiary/aromatic N) is 4. The number of benzene rings is 2. The van der Waals surface area contributed by atoms with E-state index in [1.807, 2.05) is 47.5 Å². The van der Waals surface area contributed by atoms with E-state index in [1.54, 1.807) is 18.2 Å². The van der Waals surface area contributed by atoms with Crippen molar-refractivity contribution in [1.29, 1.82) is 0 Å². The van der Waals surface area contributed by atoms with Crippen LogP contribution >= 0.6 is 0 Å². The molecule has 0 saturated carbocycles. The first-order chi connectivity index (χ1) is 18.6. The van der Waals surface area contributed by atoms with Crippen LogP contribution in [0.5, 0.6) is 0 Å². The Bertz CT molecular complexity index is 1490. The minimum Gasteiger partial charge on any atom is -0.370 e. The number of anilines is 2. The van der Waals surface area contributed by atoms with Gasteiger partial charge >= 0.3 is 0 Å². The molecular formula is C31H33F3N4O. The molecule has 204 valence electrons. The van der Waals surface area contributed by atoms with E-state index in [0.29, 0.717) is 43.1 Å². The highest BCUT2D eigenvalue weighted by molar-refractivity contribution is 5.96. The van der Waals surface area contributed by atoms with Crippen molar-refractivity contribution in [2.75, 3.05) is 36.0 Å². The quantitative estimate of drug-likeness (QED) is 0.247. The average molecular weight is 535 g/mol. The number of Topliss-reactive ketones (excluding diaryl/α,β-unsaturated/α-hetero) is 1. The van der Waals surface area contributed by atoms with E-state index in [1.165, 1.54) is 18.2 Å². The molecule has 1 aliphatic rings. The van der Waals surface area contributed by atoms with Crippen molar-refractivity contribution in [3.05, 3.63) is 94.7 Å². The van der Waals surface area contributed by atoms with Gasteiger partial charge in [-0.25, -0.2) is 18.2 Å². The molecular weight excluding hydrogens is 501 g/mol. The van der Waals surface area contributed by atoms with Gasteiger partial charge in [-0.15, -0.1) is 0 Å². The highest BCUT2D eigenvalue weighted by atomic mass is 19.3. The van der Waals surface area contributed by atoms with Crippen LogP contribution in [-0.4, -0.2) is 41.3 Å². The van der Waals surface area contributed by atoms with Crippen molar-refractivity contribution in [2.24, 2.45) is 0 Å². The number of rotatable bonds is 7. The molecule has 2 aromatic carbocycles. The lowest BCUT2D eigenvalue weighted by Gasteiger charge is -2.25. The van der Waals surface area contributed by atoms with E-state index in [9.17, 15) is 13.6 Å². The van der Waals surface area contributed by atoms with Gasteiger partial charge in [0.2, 0.25) is 0 Å². The molecule has 5 rings (SSSR count). The fourth-order valence-corrected chi connectivity index (χ4v) is 5.32. The summed E-state index contributed by atoms with van der Waals surface area (Å²) in [7, 11) is 0. The molecule has 0 amide bonds. The number of imidazole rings is 1. The third-order valence-corrected chi connectivity index (χ3v) is 7.45. The van der Waals surface area contributed by atoms with Crippen LogP contribution in [0.1, 0.15) is 52.6 Å². The number of carbonyl (C=O) groups excluding carboxylic acids is 1. The van der Waals surface area contributed by atoms with Gasteiger partial charge in [0.25, 0.3) is 5.92 Å². The third-order valence-electron chi connectivity index (χ3n) is 7.45. The standard InChI is InChI=1S/C31H33F3N4O/c1-21-13-16-38-29(19-21)35-22(2)30(38)28(39)12-6-23-5-11-27(26(32)20-23)37-15-4-14-36(17-18-37)25-9-7-24(8-10-25)31(3,33)34/h5,7-11,13,16,19-20H,4,6,12,14-15,17-18H2,1-3H3. The summed E-state index contributed by atoms with van der Waals surface area (Å²) in [5.41, 5.74) is 5.31. The van der Waals surface area contributed by atoms with E-state index in [0.717, 1.165) is 42.4 Å². The van der Waals surface area contributed by atoms with Gasteiger partial charge in [0, 0.05) is 57.0 Å². The number of pyridine rings is 1. The normalized spacial score (nSPS) is 14.6. The summed E-state index contributed by atoms with van der Waals surface area (Å²) in [6, 6.07) is 15.5. The molecule has 0 radical (unpaired) electrons. The van der Waals surface area contributed by atoms with Gasteiger partial charge in [0.05, 0.1) is 11.4 Å². The zero-order valence-electron chi connectivity index (χ0n) is 22.6. The molecule has 1 aliphatic heterocycles. The second-order valence-electron chi connectivity index (χ2n) is 10.4. The first-order valence-corrected chi connectivity index (χ1v) is 13.4. The van der Waals surface area contributed by atoms with Gasteiger partial charge in [-0.3, -0.25) is 9.20 Å². The van der Waals surface area contributed by atoms with Gasteiger partial charge in [-0.05, 0) is 74.2 Å². The maximum absolute atomic E-state index is 15.2. The average Bonchev–Trinajstić information content (AvgIpc) is 3.05. The third kappa shape index (κ3) is 5.79. The minimum atomic E-state index is -2.86. The zero-order chi connectivity index (χ0) is 27.7. The smallest absolute Gasteiger partial charge is 0.270 e. The van der Waals surface area contributed by atoms with E-state index >= 15 is 4.39 Å². The zero-order valence-corrected chi connectivity index (χ0v) is 22.6. The van der Waals surface area contributed by atoms with Crippen LogP contribution in [-0.2, 0) is 12.3 Å². The molecule has 0 unspecified atom stereocenters. The predicted molar refractivity (Wildman–Crippen MR) is 149 cm³/mol. The lowest BCUT2D eigenvalue weighted by Crippen LogP contribution is -2.31. The Morgan fingerprint density at radius 3 is 2.38 bits per heavy atom.